The van der Waals surface area contributed by atoms with Crippen LogP contribution in [0.15, 0.2) is 44.6 Å². The van der Waals surface area contributed by atoms with Crippen molar-refractivity contribution in [1.29, 1.82) is 0 Å². The number of rotatable bonds is 3. The quantitative estimate of drug-likeness (QED) is 0.907. The highest BCUT2D eigenvalue weighted by Crippen LogP contribution is 2.39. The summed E-state index contributed by atoms with van der Waals surface area (Å²) >= 11 is 0. The first-order chi connectivity index (χ1) is 12.5. The molecule has 1 atom stereocenters. The van der Waals surface area contributed by atoms with Crippen LogP contribution in [0.2, 0.25) is 0 Å². The van der Waals surface area contributed by atoms with Crippen molar-refractivity contribution in [3.8, 4) is 0 Å². The zero-order valence-electron chi connectivity index (χ0n) is 15.0. The number of allylic oxidation sites excluding steroid dienone is 3. The van der Waals surface area contributed by atoms with Gasteiger partial charge in [-0.1, -0.05) is 11.2 Å². The normalized spacial score (nSPS) is 23.0. The summed E-state index contributed by atoms with van der Waals surface area (Å²) in [5.41, 5.74) is 5.36. The van der Waals surface area contributed by atoms with E-state index >= 15 is 0 Å². The van der Waals surface area contributed by atoms with E-state index in [4.69, 9.17) is 4.52 Å². The molecular formula is C20H21N3O3. The van der Waals surface area contributed by atoms with Crippen LogP contribution in [-0.4, -0.2) is 22.7 Å². The van der Waals surface area contributed by atoms with Crippen molar-refractivity contribution in [2.24, 2.45) is 10.9 Å². The highest BCUT2D eigenvalue weighted by molar-refractivity contribution is 6.11. The molecular weight excluding hydrogens is 330 g/mol. The molecule has 2 amide bonds. The summed E-state index contributed by atoms with van der Waals surface area (Å²) in [6.07, 6.45) is 9.46. The molecule has 0 saturated carbocycles. The van der Waals surface area contributed by atoms with Gasteiger partial charge in [-0.15, -0.1) is 0 Å². The Hall–Kier alpha value is -2.76. The molecule has 0 spiro atoms. The molecule has 3 aliphatic rings. The van der Waals surface area contributed by atoms with E-state index in [1.54, 1.807) is 0 Å². The molecule has 0 fully saturated rings. The summed E-state index contributed by atoms with van der Waals surface area (Å²) in [6.45, 7) is 3.71. The molecule has 0 radical (unpaired) electrons. The number of aromatic nitrogens is 1. The number of hydrogen-bond donors (Lipinski definition) is 1. The van der Waals surface area contributed by atoms with Gasteiger partial charge in [-0.2, -0.15) is 0 Å². The molecule has 0 saturated heterocycles. The van der Waals surface area contributed by atoms with Crippen LogP contribution in [0.1, 0.15) is 42.7 Å². The van der Waals surface area contributed by atoms with E-state index in [1.165, 1.54) is 5.57 Å². The summed E-state index contributed by atoms with van der Waals surface area (Å²) < 4.78 is 5.12. The van der Waals surface area contributed by atoms with Crippen molar-refractivity contribution in [1.82, 2.24) is 10.5 Å². The second kappa shape index (κ2) is 6.52. The molecule has 0 aromatic carbocycles. The van der Waals surface area contributed by atoms with Crippen molar-refractivity contribution >= 4 is 17.5 Å². The molecule has 1 unspecified atom stereocenters. The van der Waals surface area contributed by atoms with Gasteiger partial charge in [0.05, 0.1) is 11.4 Å². The number of amides is 2. The minimum Gasteiger partial charge on any atom is -0.361 e. The van der Waals surface area contributed by atoms with Gasteiger partial charge in [0.1, 0.15) is 5.76 Å². The van der Waals surface area contributed by atoms with Crippen LogP contribution in [0, 0.1) is 19.8 Å². The van der Waals surface area contributed by atoms with Gasteiger partial charge >= 0.3 is 0 Å². The Balaban J connectivity index is 1.47. The summed E-state index contributed by atoms with van der Waals surface area (Å²) in [7, 11) is 0. The number of carbonyl (C=O) groups excluding carboxylic acids is 2. The van der Waals surface area contributed by atoms with Gasteiger partial charge in [-0.05, 0) is 57.3 Å². The fourth-order valence-electron chi connectivity index (χ4n) is 3.95. The van der Waals surface area contributed by atoms with Crippen molar-refractivity contribution < 1.29 is 14.1 Å². The lowest BCUT2D eigenvalue weighted by Gasteiger charge is -2.28. The van der Waals surface area contributed by atoms with Crippen LogP contribution in [-0.2, 0) is 16.0 Å². The maximum atomic E-state index is 12.2. The molecule has 2 heterocycles. The van der Waals surface area contributed by atoms with Crippen LogP contribution in [0.25, 0.3) is 0 Å². The Morgan fingerprint density at radius 1 is 1.38 bits per heavy atom. The van der Waals surface area contributed by atoms with Crippen LogP contribution < -0.4 is 5.32 Å². The molecule has 1 aromatic rings. The number of aryl methyl sites for hydroxylation is 2. The Morgan fingerprint density at radius 3 is 3.00 bits per heavy atom. The van der Waals surface area contributed by atoms with E-state index in [-0.39, 0.29) is 17.7 Å². The smallest absolute Gasteiger partial charge is 0.251 e. The molecule has 0 bridgehead atoms. The maximum Gasteiger partial charge on any atom is 0.251 e. The number of nitrogens with zero attached hydrogens (tertiary/aromatic N) is 2. The predicted molar refractivity (Wildman–Crippen MR) is 96.5 cm³/mol. The van der Waals surface area contributed by atoms with E-state index in [0.29, 0.717) is 18.6 Å². The first-order valence-corrected chi connectivity index (χ1v) is 8.99. The highest BCUT2D eigenvalue weighted by Gasteiger charge is 2.34. The van der Waals surface area contributed by atoms with Crippen LogP contribution >= 0.6 is 0 Å². The standard InChI is InChI=1S/C20H21N3O3/c1-11-14(12(2)26-23-11)8-9-19(24)21-13-6-7-16-15-4-3-5-17(15)20(25)22-18(16)10-13/h6-7,10,16H,3-5,8-9H2,1-2H3,(H,22,25). The van der Waals surface area contributed by atoms with E-state index < -0.39 is 0 Å². The summed E-state index contributed by atoms with van der Waals surface area (Å²) in [6, 6.07) is 0. The summed E-state index contributed by atoms with van der Waals surface area (Å²) in [5.74, 6) is 0.680. The molecule has 6 nitrogen and oxygen atoms in total. The third kappa shape index (κ3) is 2.96. The summed E-state index contributed by atoms with van der Waals surface area (Å²) in [5, 5.41) is 6.86. The molecule has 1 aliphatic heterocycles. The van der Waals surface area contributed by atoms with Crippen molar-refractivity contribution in [3.05, 3.63) is 52.1 Å². The minimum absolute atomic E-state index is 0.000570. The topological polar surface area (TPSA) is 84.6 Å². The molecule has 134 valence electrons. The van der Waals surface area contributed by atoms with E-state index in [2.05, 4.69) is 15.5 Å². The number of carbonyl (C=O) groups is 2. The van der Waals surface area contributed by atoms with E-state index in [9.17, 15) is 9.59 Å². The number of fused-ring (bicyclic) bond motifs is 2. The first kappa shape index (κ1) is 16.7. The van der Waals surface area contributed by atoms with Gasteiger partial charge in [0, 0.05) is 29.2 Å². The van der Waals surface area contributed by atoms with Crippen molar-refractivity contribution in [2.75, 3.05) is 0 Å². The molecule has 6 heteroatoms. The van der Waals surface area contributed by atoms with Gasteiger partial charge in [0.25, 0.3) is 5.91 Å². The first-order valence-electron chi connectivity index (χ1n) is 8.99. The second-order valence-electron chi connectivity index (χ2n) is 6.98. The fraction of sp³-hybridized carbons (Fsp3) is 0.400. The Labute approximate surface area is 151 Å². The Kier molecular flexibility index (Phi) is 4.18. The van der Waals surface area contributed by atoms with Crippen LogP contribution in [0.4, 0.5) is 0 Å². The minimum atomic E-state index is -0.192. The average molecular weight is 351 g/mol. The number of hydrogen-bond acceptors (Lipinski definition) is 4. The SMILES string of the molecule is Cc1noc(C)c1CCC(=O)N=C1C=CC2C(=C1)NC(=O)C1=C2CCC1. The third-order valence-electron chi connectivity index (χ3n) is 5.29. The summed E-state index contributed by atoms with van der Waals surface area (Å²) in [4.78, 5) is 28.6. The molecule has 1 N–H and O–H groups in total. The zero-order chi connectivity index (χ0) is 18.3. The third-order valence-corrected chi connectivity index (χ3v) is 5.29. The van der Waals surface area contributed by atoms with Gasteiger partial charge in [-0.25, -0.2) is 4.99 Å². The number of nitrogens with one attached hydrogen (secondary N) is 1. The monoisotopic (exact) mass is 351 g/mol. The van der Waals surface area contributed by atoms with Crippen LogP contribution in [0.3, 0.4) is 0 Å². The van der Waals surface area contributed by atoms with Crippen molar-refractivity contribution in [3.63, 3.8) is 0 Å². The van der Waals surface area contributed by atoms with Gasteiger partial charge in [0.15, 0.2) is 0 Å². The zero-order valence-corrected chi connectivity index (χ0v) is 15.0. The van der Waals surface area contributed by atoms with Crippen molar-refractivity contribution in [2.45, 2.75) is 46.0 Å². The van der Waals surface area contributed by atoms with E-state index in [1.807, 2.05) is 32.1 Å². The molecule has 1 aromatic heterocycles. The van der Waals surface area contributed by atoms with Gasteiger partial charge in [0.2, 0.25) is 5.91 Å². The van der Waals surface area contributed by atoms with Crippen LogP contribution in [0.5, 0.6) is 0 Å². The van der Waals surface area contributed by atoms with E-state index in [0.717, 1.165) is 47.6 Å². The fourth-order valence-corrected chi connectivity index (χ4v) is 3.95. The van der Waals surface area contributed by atoms with Gasteiger partial charge < -0.3 is 9.84 Å². The Bertz CT molecular complexity index is 895. The lowest BCUT2D eigenvalue weighted by molar-refractivity contribution is -0.118. The Morgan fingerprint density at radius 2 is 2.23 bits per heavy atom. The van der Waals surface area contributed by atoms with Gasteiger partial charge in [-0.3, -0.25) is 9.59 Å². The molecule has 26 heavy (non-hydrogen) atoms. The maximum absolute atomic E-state index is 12.2. The predicted octanol–water partition coefficient (Wildman–Crippen LogP) is 2.87. The second-order valence-corrected chi connectivity index (χ2v) is 6.98. The average Bonchev–Trinajstić information content (AvgIpc) is 3.21. The molecule has 2 aliphatic carbocycles. The highest BCUT2D eigenvalue weighted by atomic mass is 16.5. The lowest BCUT2D eigenvalue weighted by atomic mass is 9.85. The molecule has 4 rings (SSSR count). The number of aliphatic imine (C=N–C) groups is 1. The lowest BCUT2D eigenvalue weighted by Crippen LogP contribution is -2.35. The largest absolute Gasteiger partial charge is 0.361 e.